The van der Waals surface area contributed by atoms with Crippen LogP contribution in [0.25, 0.3) is 21.8 Å². The quantitative estimate of drug-likeness (QED) is 0.747. The number of aromatic amines is 1. The van der Waals surface area contributed by atoms with E-state index in [1.807, 2.05) is 25.1 Å². The summed E-state index contributed by atoms with van der Waals surface area (Å²) in [4.78, 5) is 28.5. The maximum atomic E-state index is 12.8. The number of carbonyl (C=O) groups excluding carboxylic acids is 1. The van der Waals surface area contributed by atoms with Gasteiger partial charge in [0.05, 0.1) is 6.20 Å². The molecule has 1 amide bonds. The van der Waals surface area contributed by atoms with Gasteiger partial charge in [-0.15, -0.1) is 0 Å². The molecule has 1 aliphatic carbocycles. The van der Waals surface area contributed by atoms with E-state index in [0.717, 1.165) is 34.7 Å². The van der Waals surface area contributed by atoms with Crippen molar-refractivity contribution in [2.45, 2.75) is 52.6 Å². The van der Waals surface area contributed by atoms with Gasteiger partial charge in [-0.2, -0.15) is 5.10 Å². The normalized spacial score (nSPS) is 23.0. The Labute approximate surface area is 158 Å². The largest absolute Gasteiger partial charge is 0.351 e. The highest BCUT2D eigenvalue weighted by Crippen LogP contribution is 2.29. The van der Waals surface area contributed by atoms with Crippen LogP contribution in [0.4, 0.5) is 0 Å². The van der Waals surface area contributed by atoms with E-state index in [1.165, 1.54) is 11.1 Å². The highest BCUT2D eigenvalue weighted by Gasteiger charge is 2.28. The van der Waals surface area contributed by atoms with Crippen molar-refractivity contribution in [2.75, 3.05) is 0 Å². The van der Waals surface area contributed by atoms with Crippen molar-refractivity contribution in [2.24, 2.45) is 11.8 Å². The summed E-state index contributed by atoms with van der Waals surface area (Å²) in [5, 5.41) is 9.14. The van der Waals surface area contributed by atoms with Crippen LogP contribution in [0.5, 0.6) is 0 Å². The molecule has 0 saturated heterocycles. The molecule has 1 aromatic carbocycles. The summed E-state index contributed by atoms with van der Waals surface area (Å²) in [6.45, 7) is 6.39. The molecule has 0 spiro atoms. The van der Waals surface area contributed by atoms with Gasteiger partial charge in [-0.25, -0.2) is 4.68 Å². The fourth-order valence-corrected chi connectivity index (χ4v) is 4.23. The summed E-state index contributed by atoms with van der Waals surface area (Å²) in [7, 11) is 0. The topological polar surface area (TPSA) is 79.8 Å². The van der Waals surface area contributed by atoms with Crippen molar-refractivity contribution >= 4 is 27.7 Å². The second-order valence-corrected chi connectivity index (χ2v) is 8.01. The number of hydrogen-bond acceptors (Lipinski definition) is 3. The van der Waals surface area contributed by atoms with Gasteiger partial charge in [-0.1, -0.05) is 38.3 Å². The first-order valence-corrected chi connectivity index (χ1v) is 9.71. The molecule has 4 rings (SSSR count). The molecular formula is C21H26N4O2. The van der Waals surface area contributed by atoms with E-state index >= 15 is 0 Å². The van der Waals surface area contributed by atoms with E-state index in [-0.39, 0.29) is 24.1 Å². The molecule has 1 fully saturated rings. The third-order valence-electron chi connectivity index (χ3n) is 6.12. The SMILES string of the molecule is Cc1ccc2[nH]c3c(=O)n(CC(=O)N[C@@H]4CCC[C@@H](C)[C@H]4C)ncc3c2c1. The molecule has 142 valence electrons. The van der Waals surface area contributed by atoms with Gasteiger partial charge in [0.1, 0.15) is 12.1 Å². The number of benzene rings is 1. The zero-order valence-electron chi connectivity index (χ0n) is 16.1. The fraction of sp³-hybridized carbons (Fsp3) is 0.476. The average Bonchev–Trinajstić information content (AvgIpc) is 3.00. The van der Waals surface area contributed by atoms with Crippen LogP contribution in [0.3, 0.4) is 0 Å². The number of nitrogens with zero attached hydrogens (tertiary/aromatic N) is 2. The summed E-state index contributed by atoms with van der Waals surface area (Å²) >= 11 is 0. The first kappa shape index (κ1) is 17.8. The maximum Gasteiger partial charge on any atom is 0.291 e. The molecule has 0 unspecified atom stereocenters. The Hall–Kier alpha value is -2.63. The van der Waals surface area contributed by atoms with Gasteiger partial charge in [-0.3, -0.25) is 9.59 Å². The van der Waals surface area contributed by atoms with Gasteiger partial charge in [0.15, 0.2) is 0 Å². The van der Waals surface area contributed by atoms with E-state index in [2.05, 4.69) is 29.2 Å². The molecule has 2 aromatic heterocycles. The van der Waals surface area contributed by atoms with Crippen LogP contribution in [-0.2, 0) is 11.3 Å². The summed E-state index contributed by atoms with van der Waals surface area (Å²) in [6, 6.07) is 6.19. The molecule has 1 aliphatic rings. The first-order chi connectivity index (χ1) is 12.9. The summed E-state index contributed by atoms with van der Waals surface area (Å²) in [5.74, 6) is 0.907. The van der Waals surface area contributed by atoms with E-state index in [4.69, 9.17) is 0 Å². The molecule has 6 nitrogen and oxygen atoms in total. The molecule has 0 radical (unpaired) electrons. The fourth-order valence-electron chi connectivity index (χ4n) is 4.23. The number of H-pyrrole nitrogens is 1. The van der Waals surface area contributed by atoms with Crippen molar-refractivity contribution < 1.29 is 4.79 Å². The molecular weight excluding hydrogens is 340 g/mol. The Bertz CT molecular complexity index is 1070. The lowest BCUT2D eigenvalue weighted by Gasteiger charge is -2.34. The zero-order valence-corrected chi connectivity index (χ0v) is 16.1. The van der Waals surface area contributed by atoms with Gasteiger partial charge in [0.2, 0.25) is 5.91 Å². The third-order valence-corrected chi connectivity index (χ3v) is 6.12. The van der Waals surface area contributed by atoms with Gasteiger partial charge in [0.25, 0.3) is 5.56 Å². The molecule has 3 atom stereocenters. The van der Waals surface area contributed by atoms with E-state index in [9.17, 15) is 9.59 Å². The van der Waals surface area contributed by atoms with Crippen LogP contribution < -0.4 is 10.9 Å². The molecule has 2 N–H and O–H groups in total. The number of hydrogen-bond donors (Lipinski definition) is 2. The smallest absolute Gasteiger partial charge is 0.291 e. The second-order valence-electron chi connectivity index (χ2n) is 8.01. The second kappa shape index (κ2) is 6.83. The van der Waals surface area contributed by atoms with Crippen LogP contribution in [0.1, 0.15) is 38.7 Å². The number of nitrogens with one attached hydrogen (secondary N) is 2. The highest BCUT2D eigenvalue weighted by atomic mass is 16.2. The van der Waals surface area contributed by atoms with Crippen molar-refractivity contribution in [1.82, 2.24) is 20.1 Å². The van der Waals surface area contributed by atoms with Crippen LogP contribution in [0, 0.1) is 18.8 Å². The lowest BCUT2D eigenvalue weighted by molar-refractivity contribution is -0.123. The number of aryl methyl sites for hydroxylation is 1. The third kappa shape index (κ3) is 3.24. The first-order valence-electron chi connectivity index (χ1n) is 9.71. The minimum Gasteiger partial charge on any atom is -0.351 e. The monoisotopic (exact) mass is 366 g/mol. The Balaban J connectivity index is 1.59. The standard InChI is InChI=1S/C21H26N4O2/c1-12-7-8-18-15(9-12)16-10-22-25(21(27)20(16)24-18)11-19(26)23-17-6-4-5-13(2)14(17)3/h7-10,13-14,17,24H,4-6,11H2,1-3H3,(H,23,26)/t13-,14-,17-/m1/s1. The molecule has 3 aromatic rings. The Morgan fingerprint density at radius 2 is 2.11 bits per heavy atom. The van der Waals surface area contributed by atoms with Crippen LogP contribution in [-0.4, -0.2) is 26.7 Å². The molecule has 6 heteroatoms. The molecule has 0 aliphatic heterocycles. The molecule has 2 heterocycles. The number of carbonyl (C=O) groups is 1. The van der Waals surface area contributed by atoms with Crippen LogP contribution in [0.15, 0.2) is 29.2 Å². The van der Waals surface area contributed by atoms with Crippen LogP contribution >= 0.6 is 0 Å². The Morgan fingerprint density at radius 1 is 1.30 bits per heavy atom. The predicted octanol–water partition coefficient (Wildman–Crippen LogP) is 3.13. The Morgan fingerprint density at radius 3 is 2.93 bits per heavy atom. The van der Waals surface area contributed by atoms with Crippen molar-refractivity contribution in [3.8, 4) is 0 Å². The van der Waals surface area contributed by atoms with E-state index in [1.54, 1.807) is 6.20 Å². The maximum absolute atomic E-state index is 12.8. The molecule has 27 heavy (non-hydrogen) atoms. The van der Waals surface area contributed by atoms with Crippen molar-refractivity contribution in [3.63, 3.8) is 0 Å². The minimum atomic E-state index is -0.262. The summed E-state index contributed by atoms with van der Waals surface area (Å²) in [6.07, 6.45) is 5.02. The lowest BCUT2D eigenvalue weighted by atomic mass is 9.78. The van der Waals surface area contributed by atoms with Gasteiger partial charge < -0.3 is 10.3 Å². The average molecular weight is 366 g/mol. The highest BCUT2D eigenvalue weighted by molar-refractivity contribution is 6.06. The van der Waals surface area contributed by atoms with Gasteiger partial charge >= 0.3 is 0 Å². The number of amides is 1. The summed E-state index contributed by atoms with van der Waals surface area (Å²) < 4.78 is 1.25. The number of rotatable bonds is 3. The molecule has 0 bridgehead atoms. The van der Waals surface area contributed by atoms with Crippen molar-refractivity contribution in [1.29, 1.82) is 0 Å². The van der Waals surface area contributed by atoms with Crippen molar-refractivity contribution in [3.05, 3.63) is 40.3 Å². The van der Waals surface area contributed by atoms with Gasteiger partial charge in [0, 0.05) is 22.3 Å². The van der Waals surface area contributed by atoms with E-state index in [0.29, 0.717) is 17.4 Å². The minimum absolute atomic E-state index is 0.0548. The van der Waals surface area contributed by atoms with Crippen LogP contribution in [0.2, 0.25) is 0 Å². The summed E-state index contributed by atoms with van der Waals surface area (Å²) in [5.41, 5.74) is 2.27. The number of fused-ring (bicyclic) bond motifs is 3. The zero-order chi connectivity index (χ0) is 19.1. The lowest BCUT2D eigenvalue weighted by Crippen LogP contribution is -2.45. The molecule has 1 saturated carbocycles. The predicted molar refractivity (Wildman–Crippen MR) is 107 cm³/mol. The Kier molecular flexibility index (Phi) is 4.50. The van der Waals surface area contributed by atoms with Gasteiger partial charge in [-0.05, 0) is 37.3 Å². The number of aromatic nitrogens is 3. The van der Waals surface area contributed by atoms with E-state index < -0.39 is 0 Å².